The van der Waals surface area contributed by atoms with E-state index in [1.54, 1.807) is 25.7 Å². The fourth-order valence-electron chi connectivity index (χ4n) is 4.68. The zero-order valence-electron chi connectivity index (χ0n) is 12.8. The maximum Gasteiger partial charge on any atom is 0.00722 e. The number of nitrogens with one attached hydrogen (secondary N) is 1. The van der Waals surface area contributed by atoms with Crippen molar-refractivity contribution in [2.24, 2.45) is 23.7 Å². The third-order valence-corrected chi connectivity index (χ3v) is 5.43. The standard InChI is InChI=1S/C17H33N/c1-4-6-13(3)9-17(18-5-2)12-16-11-14-7-8-15(16)10-14/h13-18H,4-12H2,1-3H3. The van der Waals surface area contributed by atoms with E-state index in [0.29, 0.717) is 0 Å². The molecule has 0 aliphatic heterocycles. The summed E-state index contributed by atoms with van der Waals surface area (Å²) in [6.45, 7) is 8.16. The molecule has 1 nitrogen and oxygen atoms in total. The van der Waals surface area contributed by atoms with Gasteiger partial charge in [0.05, 0.1) is 0 Å². The molecule has 0 aromatic heterocycles. The first kappa shape index (κ1) is 14.4. The fourth-order valence-corrected chi connectivity index (χ4v) is 4.68. The minimum absolute atomic E-state index is 0.792. The minimum Gasteiger partial charge on any atom is -0.314 e. The van der Waals surface area contributed by atoms with Crippen LogP contribution >= 0.6 is 0 Å². The second-order valence-corrected chi connectivity index (χ2v) is 7.05. The van der Waals surface area contributed by atoms with Crippen molar-refractivity contribution in [2.45, 2.75) is 78.2 Å². The van der Waals surface area contributed by atoms with Gasteiger partial charge in [-0.1, -0.05) is 40.0 Å². The zero-order chi connectivity index (χ0) is 13.0. The third kappa shape index (κ3) is 3.73. The minimum atomic E-state index is 0.792. The van der Waals surface area contributed by atoms with Crippen molar-refractivity contribution in [2.75, 3.05) is 6.54 Å². The smallest absolute Gasteiger partial charge is 0.00722 e. The van der Waals surface area contributed by atoms with Crippen LogP contribution in [0.15, 0.2) is 0 Å². The number of fused-ring (bicyclic) bond motifs is 2. The van der Waals surface area contributed by atoms with E-state index in [2.05, 4.69) is 26.1 Å². The largest absolute Gasteiger partial charge is 0.314 e. The Hall–Kier alpha value is -0.0400. The third-order valence-electron chi connectivity index (χ3n) is 5.43. The predicted molar refractivity (Wildman–Crippen MR) is 79.7 cm³/mol. The Morgan fingerprint density at radius 1 is 1.17 bits per heavy atom. The van der Waals surface area contributed by atoms with E-state index in [9.17, 15) is 0 Å². The van der Waals surface area contributed by atoms with Crippen molar-refractivity contribution < 1.29 is 0 Å². The highest BCUT2D eigenvalue weighted by Gasteiger charge is 2.40. The molecule has 5 atom stereocenters. The van der Waals surface area contributed by atoms with E-state index in [-0.39, 0.29) is 0 Å². The summed E-state index contributed by atoms with van der Waals surface area (Å²) in [5.41, 5.74) is 0. The lowest BCUT2D eigenvalue weighted by Crippen LogP contribution is -2.33. The summed E-state index contributed by atoms with van der Waals surface area (Å²) in [6, 6.07) is 0.792. The molecule has 2 bridgehead atoms. The average Bonchev–Trinajstić information content (AvgIpc) is 2.91. The van der Waals surface area contributed by atoms with Crippen LogP contribution in [0.4, 0.5) is 0 Å². The maximum absolute atomic E-state index is 3.76. The monoisotopic (exact) mass is 251 g/mol. The molecule has 0 amide bonds. The van der Waals surface area contributed by atoms with Crippen LogP contribution in [0.25, 0.3) is 0 Å². The van der Waals surface area contributed by atoms with E-state index in [4.69, 9.17) is 0 Å². The van der Waals surface area contributed by atoms with Gasteiger partial charge in [0.1, 0.15) is 0 Å². The first-order valence-corrected chi connectivity index (χ1v) is 8.46. The molecule has 0 aromatic carbocycles. The average molecular weight is 251 g/mol. The van der Waals surface area contributed by atoms with Gasteiger partial charge in [0.2, 0.25) is 0 Å². The van der Waals surface area contributed by atoms with Gasteiger partial charge in [-0.15, -0.1) is 0 Å². The Balaban J connectivity index is 1.78. The fraction of sp³-hybridized carbons (Fsp3) is 1.00. The number of rotatable bonds is 8. The lowest BCUT2D eigenvalue weighted by atomic mass is 9.82. The Bertz CT molecular complexity index is 238. The SMILES string of the molecule is CCCC(C)CC(CC1CC2CCC1C2)NCC. The molecule has 0 heterocycles. The van der Waals surface area contributed by atoms with Crippen molar-refractivity contribution in [1.82, 2.24) is 5.32 Å². The van der Waals surface area contributed by atoms with Crippen molar-refractivity contribution in [3.63, 3.8) is 0 Å². The molecule has 1 heteroatoms. The van der Waals surface area contributed by atoms with Gasteiger partial charge in [-0.2, -0.15) is 0 Å². The number of hydrogen-bond acceptors (Lipinski definition) is 1. The summed E-state index contributed by atoms with van der Waals surface area (Å²) in [5, 5.41) is 3.76. The summed E-state index contributed by atoms with van der Waals surface area (Å²) in [5.74, 6) is 4.16. The molecule has 18 heavy (non-hydrogen) atoms. The molecular weight excluding hydrogens is 218 g/mol. The first-order chi connectivity index (χ1) is 8.72. The molecule has 1 N–H and O–H groups in total. The van der Waals surface area contributed by atoms with Gasteiger partial charge in [0.25, 0.3) is 0 Å². The summed E-state index contributed by atoms with van der Waals surface area (Å²) in [4.78, 5) is 0. The van der Waals surface area contributed by atoms with E-state index >= 15 is 0 Å². The Morgan fingerprint density at radius 3 is 2.56 bits per heavy atom. The van der Waals surface area contributed by atoms with Gasteiger partial charge in [-0.25, -0.2) is 0 Å². The molecule has 2 aliphatic rings. The normalized spacial score (nSPS) is 33.8. The maximum atomic E-state index is 3.76. The van der Waals surface area contributed by atoms with Crippen LogP contribution in [0.3, 0.4) is 0 Å². The molecule has 2 rings (SSSR count). The molecule has 0 saturated heterocycles. The molecule has 0 spiro atoms. The quantitative estimate of drug-likeness (QED) is 0.664. The summed E-state index contributed by atoms with van der Waals surface area (Å²) >= 11 is 0. The van der Waals surface area contributed by atoms with Crippen LogP contribution < -0.4 is 5.32 Å². The molecule has 106 valence electrons. The predicted octanol–water partition coefficient (Wildman–Crippen LogP) is 4.62. The molecule has 2 fully saturated rings. The van der Waals surface area contributed by atoms with Gasteiger partial charge < -0.3 is 5.32 Å². The second kappa shape index (κ2) is 6.93. The number of hydrogen-bond donors (Lipinski definition) is 1. The summed E-state index contributed by atoms with van der Waals surface area (Å²) in [7, 11) is 0. The highest BCUT2D eigenvalue weighted by atomic mass is 14.9. The Morgan fingerprint density at radius 2 is 2.00 bits per heavy atom. The van der Waals surface area contributed by atoms with E-state index in [0.717, 1.165) is 36.3 Å². The zero-order valence-corrected chi connectivity index (χ0v) is 12.8. The first-order valence-electron chi connectivity index (χ1n) is 8.46. The van der Waals surface area contributed by atoms with Crippen LogP contribution in [0.5, 0.6) is 0 Å². The van der Waals surface area contributed by atoms with Crippen LogP contribution in [0.1, 0.15) is 72.1 Å². The molecule has 0 radical (unpaired) electrons. The lowest BCUT2D eigenvalue weighted by molar-refractivity contribution is 0.257. The van der Waals surface area contributed by atoms with E-state index in [1.807, 2.05) is 0 Å². The van der Waals surface area contributed by atoms with Gasteiger partial charge in [-0.05, 0) is 62.3 Å². The van der Waals surface area contributed by atoms with Crippen molar-refractivity contribution in [3.8, 4) is 0 Å². The van der Waals surface area contributed by atoms with E-state index in [1.165, 1.54) is 25.7 Å². The van der Waals surface area contributed by atoms with Crippen molar-refractivity contribution in [3.05, 3.63) is 0 Å². The van der Waals surface area contributed by atoms with E-state index < -0.39 is 0 Å². The van der Waals surface area contributed by atoms with Crippen molar-refractivity contribution >= 4 is 0 Å². The van der Waals surface area contributed by atoms with Crippen LogP contribution in [0, 0.1) is 23.7 Å². The van der Waals surface area contributed by atoms with Gasteiger partial charge in [-0.3, -0.25) is 0 Å². The molecule has 5 unspecified atom stereocenters. The van der Waals surface area contributed by atoms with Crippen LogP contribution in [-0.4, -0.2) is 12.6 Å². The molecule has 2 aliphatic carbocycles. The van der Waals surface area contributed by atoms with Crippen molar-refractivity contribution in [1.29, 1.82) is 0 Å². The van der Waals surface area contributed by atoms with Gasteiger partial charge >= 0.3 is 0 Å². The lowest BCUT2D eigenvalue weighted by Gasteiger charge is -2.29. The van der Waals surface area contributed by atoms with Gasteiger partial charge in [0.15, 0.2) is 0 Å². The Labute approximate surface area is 114 Å². The second-order valence-electron chi connectivity index (χ2n) is 7.05. The van der Waals surface area contributed by atoms with Crippen LogP contribution in [-0.2, 0) is 0 Å². The molecular formula is C17H33N. The highest BCUT2D eigenvalue weighted by Crippen LogP contribution is 2.50. The highest BCUT2D eigenvalue weighted by molar-refractivity contribution is 4.91. The molecule has 0 aromatic rings. The summed E-state index contributed by atoms with van der Waals surface area (Å²) in [6.07, 6.45) is 11.8. The Kier molecular flexibility index (Phi) is 5.54. The van der Waals surface area contributed by atoms with Gasteiger partial charge in [0, 0.05) is 6.04 Å². The molecule has 2 saturated carbocycles. The summed E-state index contributed by atoms with van der Waals surface area (Å²) < 4.78 is 0. The van der Waals surface area contributed by atoms with Crippen LogP contribution in [0.2, 0.25) is 0 Å². The topological polar surface area (TPSA) is 12.0 Å².